The van der Waals surface area contributed by atoms with E-state index >= 15 is 0 Å². The van der Waals surface area contributed by atoms with Crippen LogP contribution in [0.25, 0.3) is 11.3 Å². The van der Waals surface area contributed by atoms with Gasteiger partial charge in [0.1, 0.15) is 5.75 Å². The Hall–Kier alpha value is -3.29. The van der Waals surface area contributed by atoms with Crippen LogP contribution < -0.4 is 4.74 Å². The number of methoxy groups -OCH3 is 1. The highest BCUT2D eigenvalue weighted by molar-refractivity contribution is 5.97. The van der Waals surface area contributed by atoms with Crippen LogP contribution in [0.4, 0.5) is 13.2 Å². The second-order valence-electron chi connectivity index (χ2n) is 7.21. The number of nitrogens with zero attached hydrogens (tertiary/aromatic N) is 3. The number of para-hydroxylation sites is 1. The number of carbonyl (C=O) groups excluding carboxylic acids is 1. The van der Waals surface area contributed by atoms with Crippen molar-refractivity contribution in [1.82, 2.24) is 14.7 Å². The van der Waals surface area contributed by atoms with E-state index in [1.165, 1.54) is 11.8 Å². The molecule has 1 amide bonds. The number of hydrogen-bond acceptors (Lipinski definition) is 3. The summed E-state index contributed by atoms with van der Waals surface area (Å²) in [6, 6.07) is 8.56. The molecule has 156 valence electrons. The number of carbonyl (C=O) groups is 1. The van der Waals surface area contributed by atoms with Crippen LogP contribution in [0.1, 0.15) is 34.6 Å². The van der Waals surface area contributed by atoms with Gasteiger partial charge in [0.2, 0.25) is 0 Å². The van der Waals surface area contributed by atoms with E-state index < -0.39 is 17.5 Å². The summed E-state index contributed by atoms with van der Waals surface area (Å²) in [7, 11) is 3.17. The van der Waals surface area contributed by atoms with Crippen molar-refractivity contribution in [2.45, 2.75) is 19.4 Å². The van der Waals surface area contributed by atoms with Crippen molar-refractivity contribution in [3.8, 4) is 17.0 Å². The summed E-state index contributed by atoms with van der Waals surface area (Å²) in [4.78, 5) is 14.9. The molecule has 1 aromatic heterocycles. The van der Waals surface area contributed by atoms with Crippen LogP contribution in [0.3, 0.4) is 0 Å². The average molecular weight is 415 g/mol. The summed E-state index contributed by atoms with van der Waals surface area (Å²) < 4.78 is 47.8. The molecule has 0 aliphatic carbocycles. The number of hydrogen-bond donors (Lipinski definition) is 0. The normalized spacial score (nSPS) is 15.8. The van der Waals surface area contributed by atoms with Crippen molar-refractivity contribution in [3.05, 3.63) is 70.7 Å². The Kier molecular flexibility index (Phi) is 5.01. The molecule has 30 heavy (non-hydrogen) atoms. The molecule has 3 aromatic rings. The van der Waals surface area contributed by atoms with E-state index in [4.69, 9.17) is 4.74 Å². The maximum atomic E-state index is 13.8. The highest BCUT2D eigenvalue weighted by Gasteiger charge is 2.34. The number of amides is 1. The number of fused-ring (bicyclic) bond motifs is 1. The Morgan fingerprint density at radius 2 is 1.83 bits per heavy atom. The van der Waals surface area contributed by atoms with Crippen molar-refractivity contribution in [2.24, 2.45) is 7.05 Å². The van der Waals surface area contributed by atoms with Crippen LogP contribution in [0.2, 0.25) is 0 Å². The number of aromatic nitrogens is 2. The monoisotopic (exact) mass is 415 g/mol. The molecule has 0 bridgehead atoms. The molecular formula is C22H20F3N3O2. The summed E-state index contributed by atoms with van der Waals surface area (Å²) in [5, 5.41) is 4.51. The van der Waals surface area contributed by atoms with Crippen molar-refractivity contribution < 1.29 is 22.7 Å². The van der Waals surface area contributed by atoms with E-state index in [9.17, 15) is 18.0 Å². The predicted octanol–water partition coefficient (Wildman–Crippen LogP) is 4.27. The lowest BCUT2D eigenvalue weighted by Crippen LogP contribution is -2.39. The van der Waals surface area contributed by atoms with E-state index in [1.807, 2.05) is 6.92 Å². The highest BCUT2D eigenvalue weighted by atomic mass is 19.2. The SMILES string of the molecule is COc1ccccc1C(=O)N1CCc2c(nn(C)c2-c2cc(F)c(F)c(F)c2)[C@@H]1C. The lowest BCUT2D eigenvalue weighted by atomic mass is 9.95. The lowest BCUT2D eigenvalue weighted by molar-refractivity contribution is 0.0670. The summed E-state index contributed by atoms with van der Waals surface area (Å²) >= 11 is 0. The third-order valence-corrected chi connectivity index (χ3v) is 5.50. The molecule has 0 spiro atoms. The van der Waals surface area contributed by atoms with Gasteiger partial charge in [-0.25, -0.2) is 13.2 Å². The minimum Gasteiger partial charge on any atom is -0.496 e. The van der Waals surface area contributed by atoms with Crippen molar-refractivity contribution >= 4 is 5.91 Å². The molecule has 1 aliphatic rings. The molecule has 0 fully saturated rings. The molecule has 0 saturated carbocycles. The van der Waals surface area contributed by atoms with Crippen molar-refractivity contribution in [1.29, 1.82) is 0 Å². The minimum absolute atomic E-state index is 0.184. The van der Waals surface area contributed by atoms with E-state index in [-0.39, 0.29) is 17.5 Å². The summed E-state index contributed by atoms with van der Waals surface area (Å²) in [6.45, 7) is 2.25. The number of rotatable bonds is 3. The van der Waals surface area contributed by atoms with Gasteiger partial charge in [0.15, 0.2) is 17.5 Å². The number of aryl methyl sites for hydroxylation is 1. The van der Waals surface area contributed by atoms with Gasteiger partial charge in [0, 0.05) is 24.7 Å². The second kappa shape index (κ2) is 7.51. The fourth-order valence-corrected chi connectivity index (χ4v) is 4.05. The lowest BCUT2D eigenvalue weighted by Gasteiger charge is -2.33. The predicted molar refractivity (Wildman–Crippen MR) is 105 cm³/mol. The molecule has 5 nitrogen and oxygen atoms in total. The fraction of sp³-hybridized carbons (Fsp3) is 0.273. The van der Waals surface area contributed by atoms with Gasteiger partial charge in [-0.3, -0.25) is 9.48 Å². The molecule has 0 saturated heterocycles. The maximum Gasteiger partial charge on any atom is 0.258 e. The van der Waals surface area contributed by atoms with Crippen LogP contribution in [-0.2, 0) is 13.5 Å². The van der Waals surface area contributed by atoms with Gasteiger partial charge in [0.25, 0.3) is 5.91 Å². The zero-order valence-corrected chi connectivity index (χ0v) is 16.7. The molecule has 8 heteroatoms. The Morgan fingerprint density at radius 1 is 1.17 bits per heavy atom. The topological polar surface area (TPSA) is 47.4 Å². The summed E-state index contributed by atoms with van der Waals surface area (Å²) in [6.07, 6.45) is 0.449. The molecular weight excluding hydrogens is 395 g/mol. The van der Waals surface area contributed by atoms with Crippen LogP contribution in [-0.4, -0.2) is 34.2 Å². The highest BCUT2D eigenvalue weighted by Crippen LogP contribution is 2.37. The molecule has 0 unspecified atom stereocenters. The van der Waals surface area contributed by atoms with Gasteiger partial charge in [-0.2, -0.15) is 5.10 Å². The fourth-order valence-electron chi connectivity index (χ4n) is 4.05. The van der Waals surface area contributed by atoms with Gasteiger partial charge in [0.05, 0.1) is 30.1 Å². The first-order valence-electron chi connectivity index (χ1n) is 9.48. The third-order valence-electron chi connectivity index (χ3n) is 5.50. The van der Waals surface area contributed by atoms with Crippen LogP contribution in [0.15, 0.2) is 36.4 Å². The van der Waals surface area contributed by atoms with E-state index in [1.54, 1.807) is 36.2 Å². The molecule has 4 rings (SSSR count). The van der Waals surface area contributed by atoms with Crippen molar-refractivity contribution in [2.75, 3.05) is 13.7 Å². The standard InChI is InChI=1S/C22H20F3N3O2/c1-12-20-15(8-9-28(12)22(29)14-6-4-5-7-18(14)30-3)21(27(2)26-20)13-10-16(23)19(25)17(24)11-13/h4-7,10-12H,8-9H2,1-3H3/t12-/m0/s1. The largest absolute Gasteiger partial charge is 0.496 e. The van der Waals surface area contributed by atoms with Crippen LogP contribution in [0.5, 0.6) is 5.75 Å². The van der Waals surface area contributed by atoms with E-state index in [0.717, 1.165) is 17.7 Å². The van der Waals surface area contributed by atoms with E-state index in [0.29, 0.717) is 35.7 Å². The molecule has 2 aromatic carbocycles. The Bertz CT molecular complexity index is 1120. The summed E-state index contributed by atoms with van der Waals surface area (Å²) in [5.41, 5.74) is 2.61. The van der Waals surface area contributed by atoms with Gasteiger partial charge in [-0.1, -0.05) is 12.1 Å². The number of halogens is 3. The van der Waals surface area contributed by atoms with Crippen molar-refractivity contribution in [3.63, 3.8) is 0 Å². The third kappa shape index (κ3) is 3.12. The van der Waals surface area contributed by atoms with E-state index in [2.05, 4.69) is 5.10 Å². The molecule has 2 heterocycles. The zero-order valence-electron chi connectivity index (χ0n) is 16.7. The number of benzene rings is 2. The van der Waals surface area contributed by atoms with Gasteiger partial charge >= 0.3 is 0 Å². The minimum atomic E-state index is -1.50. The summed E-state index contributed by atoms with van der Waals surface area (Å²) in [5.74, 6) is -3.71. The quantitative estimate of drug-likeness (QED) is 0.600. The molecule has 0 radical (unpaired) electrons. The number of ether oxygens (including phenoxy) is 1. The average Bonchev–Trinajstić information content (AvgIpc) is 3.08. The van der Waals surface area contributed by atoms with Gasteiger partial charge in [-0.05, 0) is 37.6 Å². The Labute approximate surface area is 171 Å². The smallest absolute Gasteiger partial charge is 0.258 e. The molecule has 1 atom stereocenters. The van der Waals surface area contributed by atoms with Crippen LogP contribution in [0, 0.1) is 17.5 Å². The Morgan fingerprint density at radius 3 is 2.50 bits per heavy atom. The molecule has 0 N–H and O–H groups in total. The van der Waals surface area contributed by atoms with Gasteiger partial charge in [-0.15, -0.1) is 0 Å². The first kappa shape index (κ1) is 20.0. The second-order valence-corrected chi connectivity index (χ2v) is 7.21. The maximum absolute atomic E-state index is 13.8. The first-order chi connectivity index (χ1) is 14.3. The van der Waals surface area contributed by atoms with Crippen LogP contribution >= 0.6 is 0 Å². The Balaban J connectivity index is 1.73. The molecule has 1 aliphatic heterocycles. The first-order valence-corrected chi connectivity index (χ1v) is 9.48. The zero-order chi connectivity index (χ0) is 21.6. The van der Waals surface area contributed by atoms with Gasteiger partial charge < -0.3 is 9.64 Å².